The Hall–Kier alpha value is -2.28. The van der Waals surface area contributed by atoms with Crippen molar-refractivity contribution < 1.29 is 29.3 Å². The summed E-state index contributed by atoms with van der Waals surface area (Å²) < 4.78 is 5.31. The second-order valence-electron chi connectivity index (χ2n) is 4.21. The molecule has 0 heterocycles. The van der Waals surface area contributed by atoms with E-state index in [1.54, 1.807) is 18.2 Å². The molecule has 0 spiro atoms. The summed E-state index contributed by atoms with van der Waals surface area (Å²) in [5.74, 6) is -3.15. The Morgan fingerprint density at radius 3 is 2.52 bits per heavy atom. The number of ether oxygens (including phenoxy) is 1. The quantitative estimate of drug-likeness (QED) is 0.695. The third-order valence-electron chi connectivity index (χ3n) is 2.47. The number of carbonyl (C=O) groups is 3. The number of rotatable bonds is 7. The molecule has 3 N–H and O–H groups in total. The highest BCUT2D eigenvalue weighted by Crippen LogP contribution is 2.18. The Morgan fingerprint density at radius 1 is 1.33 bits per heavy atom. The molecule has 0 aromatic heterocycles. The minimum absolute atomic E-state index is 0.343. The van der Waals surface area contributed by atoms with Crippen LogP contribution in [0.3, 0.4) is 0 Å². The summed E-state index contributed by atoms with van der Waals surface area (Å²) in [4.78, 5) is 33.2. The van der Waals surface area contributed by atoms with Crippen LogP contribution in [-0.4, -0.2) is 40.2 Å². The smallest absolute Gasteiger partial charge is 0.326 e. The van der Waals surface area contributed by atoms with Gasteiger partial charge < -0.3 is 20.3 Å². The third kappa shape index (κ3) is 5.70. The molecule has 8 heteroatoms. The van der Waals surface area contributed by atoms with Gasteiger partial charge in [-0.1, -0.05) is 17.7 Å². The molecule has 0 bridgehead atoms. The fourth-order valence-electron chi connectivity index (χ4n) is 1.46. The number of halogens is 1. The largest absolute Gasteiger partial charge is 0.481 e. The number of hydrogen-bond acceptors (Lipinski definition) is 4. The summed E-state index contributed by atoms with van der Waals surface area (Å²) in [5, 5.41) is 20.0. The van der Waals surface area contributed by atoms with Gasteiger partial charge in [0.05, 0.1) is 6.42 Å². The number of carboxylic acid groups (broad SMARTS) is 2. The normalized spacial score (nSPS) is 13.0. The van der Waals surface area contributed by atoms with Crippen molar-refractivity contribution in [3.8, 4) is 5.75 Å². The number of amides is 1. The predicted octanol–water partition coefficient (Wildman–Crippen LogP) is 1.15. The van der Waals surface area contributed by atoms with Crippen LogP contribution in [0.1, 0.15) is 13.3 Å². The van der Waals surface area contributed by atoms with E-state index in [9.17, 15) is 14.4 Å². The summed E-state index contributed by atoms with van der Waals surface area (Å²) in [7, 11) is 0. The van der Waals surface area contributed by atoms with Gasteiger partial charge in [-0.25, -0.2) is 4.79 Å². The molecule has 0 aliphatic heterocycles. The van der Waals surface area contributed by atoms with Gasteiger partial charge in [-0.05, 0) is 25.1 Å². The highest BCUT2D eigenvalue weighted by atomic mass is 35.5. The Balaban J connectivity index is 2.64. The molecule has 1 aromatic rings. The van der Waals surface area contributed by atoms with Crippen molar-refractivity contribution in [3.63, 3.8) is 0 Å². The Labute approximate surface area is 125 Å². The van der Waals surface area contributed by atoms with Gasteiger partial charge in [-0.15, -0.1) is 0 Å². The van der Waals surface area contributed by atoms with Crippen molar-refractivity contribution in [2.24, 2.45) is 0 Å². The maximum absolute atomic E-state index is 11.8. The van der Waals surface area contributed by atoms with E-state index >= 15 is 0 Å². The first-order chi connectivity index (χ1) is 9.79. The molecule has 0 aliphatic carbocycles. The average molecular weight is 316 g/mol. The molecular weight excluding hydrogens is 302 g/mol. The van der Waals surface area contributed by atoms with E-state index in [2.05, 4.69) is 5.32 Å². The zero-order valence-corrected chi connectivity index (χ0v) is 11.8. The number of nitrogens with one attached hydrogen (secondary N) is 1. The standard InChI is InChI=1S/C13H14ClNO6/c1-7(21-9-4-2-3-8(14)5-9)12(18)15-10(13(19)20)6-11(16)17/h2-5,7,10H,6H2,1H3,(H,15,18)(H,16,17)(H,19,20). The zero-order valence-electron chi connectivity index (χ0n) is 11.1. The summed E-state index contributed by atoms with van der Waals surface area (Å²) in [5.41, 5.74) is 0. The highest BCUT2D eigenvalue weighted by molar-refractivity contribution is 6.30. The van der Waals surface area contributed by atoms with E-state index in [0.29, 0.717) is 10.8 Å². The summed E-state index contributed by atoms with van der Waals surface area (Å²) in [6.07, 6.45) is -1.72. The first kappa shape index (κ1) is 16.8. The fraction of sp³-hybridized carbons (Fsp3) is 0.308. The lowest BCUT2D eigenvalue weighted by atomic mass is 10.2. The van der Waals surface area contributed by atoms with Crippen molar-refractivity contribution in [2.45, 2.75) is 25.5 Å². The Bertz CT molecular complexity index is 547. The van der Waals surface area contributed by atoms with Gasteiger partial charge in [-0.3, -0.25) is 9.59 Å². The van der Waals surface area contributed by atoms with Gasteiger partial charge >= 0.3 is 11.9 Å². The second-order valence-corrected chi connectivity index (χ2v) is 4.65. The van der Waals surface area contributed by atoms with E-state index in [1.165, 1.54) is 13.0 Å². The zero-order chi connectivity index (χ0) is 16.0. The van der Waals surface area contributed by atoms with E-state index in [1.807, 2.05) is 0 Å². The number of aliphatic carboxylic acids is 2. The first-order valence-corrected chi connectivity index (χ1v) is 6.34. The molecule has 0 saturated heterocycles. The molecular formula is C13H14ClNO6. The highest BCUT2D eigenvalue weighted by Gasteiger charge is 2.26. The minimum Gasteiger partial charge on any atom is -0.481 e. The van der Waals surface area contributed by atoms with Gasteiger partial charge in [-0.2, -0.15) is 0 Å². The van der Waals surface area contributed by atoms with Crippen LogP contribution in [0.25, 0.3) is 0 Å². The Morgan fingerprint density at radius 2 is 2.00 bits per heavy atom. The van der Waals surface area contributed by atoms with Crippen LogP contribution in [0.2, 0.25) is 5.02 Å². The molecule has 21 heavy (non-hydrogen) atoms. The number of benzene rings is 1. The lowest BCUT2D eigenvalue weighted by Gasteiger charge is -2.18. The summed E-state index contributed by atoms with van der Waals surface area (Å²) in [6.45, 7) is 1.41. The lowest BCUT2D eigenvalue weighted by molar-refractivity contribution is -0.147. The van der Waals surface area contributed by atoms with Crippen LogP contribution in [0.4, 0.5) is 0 Å². The van der Waals surface area contributed by atoms with E-state index in [4.69, 9.17) is 26.6 Å². The van der Waals surface area contributed by atoms with E-state index < -0.39 is 36.4 Å². The molecule has 0 fully saturated rings. The van der Waals surface area contributed by atoms with Gasteiger partial charge in [0.25, 0.3) is 5.91 Å². The van der Waals surface area contributed by atoms with Crippen LogP contribution in [0.5, 0.6) is 5.75 Å². The van der Waals surface area contributed by atoms with Crippen LogP contribution in [0.15, 0.2) is 24.3 Å². The molecule has 0 radical (unpaired) electrons. The van der Waals surface area contributed by atoms with Gasteiger partial charge in [0.1, 0.15) is 11.8 Å². The topological polar surface area (TPSA) is 113 Å². The summed E-state index contributed by atoms with van der Waals surface area (Å²) in [6, 6.07) is 4.83. The van der Waals surface area contributed by atoms with Crippen LogP contribution in [-0.2, 0) is 14.4 Å². The van der Waals surface area contributed by atoms with Gasteiger partial charge in [0, 0.05) is 5.02 Å². The molecule has 2 unspecified atom stereocenters. The van der Waals surface area contributed by atoms with Crippen molar-refractivity contribution in [2.75, 3.05) is 0 Å². The fourth-order valence-corrected chi connectivity index (χ4v) is 1.64. The maximum atomic E-state index is 11.8. The third-order valence-corrected chi connectivity index (χ3v) is 2.71. The maximum Gasteiger partial charge on any atom is 0.326 e. The molecule has 1 amide bonds. The molecule has 0 aliphatic rings. The number of carboxylic acids is 2. The summed E-state index contributed by atoms with van der Waals surface area (Å²) >= 11 is 5.77. The average Bonchev–Trinajstić information content (AvgIpc) is 2.37. The first-order valence-electron chi connectivity index (χ1n) is 5.96. The van der Waals surface area contributed by atoms with Crippen LogP contribution >= 0.6 is 11.6 Å². The van der Waals surface area contributed by atoms with Crippen molar-refractivity contribution in [3.05, 3.63) is 29.3 Å². The molecule has 0 saturated carbocycles. The molecule has 7 nitrogen and oxygen atoms in total. The molecule has 1 aromatic carbocycles. The minimum atomic E-state index is -1.51. The van der Waals surface area contributed by atoms with Crippen molar-refractivity contribution in [1.82, 2.24) is 5.32 Å². The SMILES string of the molecule is CC(Oc1cccc(Cl)c1)C(=O)NC(CC(=O)O)C(=O)O. The van der Waals surface area contributed by atoms with Crippen molar-refractivity contribution >= 4 is 29.4 Å². The van der Waals surface area contributed by atoms with E-state index in [0.717, 1.165) is 0 Å². The van der Waals surface area contributed by atoms with Crippen molar-refractivity contribution in [1.29, 1.82) is 0 Å². The molecule has 1 rings (SSSR count). The Kier molecular flexibility index (Phi) is 5.98. The monoisotopic (exact) mass is 315 g/mol. The number of hydrogen-bond donors (Lipinski definition) is 3. The van der Waals surface area contributed by atoms with Crippen LogP contribution in [0, 0.1) is 0 Å². The van der Waals surface area contributed by atoms with Gasteiger partial charge in [0.2, 0.25) is 0 Å². The predicted molar refractivity (Wildman–Crippen MR) is 73.4 cm³/mol. The number of carbonyl (C=O) groups excluding carboxylic acids is 1. The molecule has 2 atom stereocenters. The van der Waals surface area contributed by atoms with Gasteiger partial charge in [0.15, 0.2) is 6.10 Å². The van der Waals surface area contributed by atoms with E-state index in [-0.39, 0.29) is 0 Å². The molecule has 114 valence electrons. The second kappa shape index (κ2) is 7.49. The lowest BCUT2D eigenvalue weighted by Crippen LogP contribution is -2.47. The van der Waals surface area contributed by atoms with Crippen LogP contribution < -0.4 is 10.1 Å².